The largest absolute Gasteiger partial charge is 0.861 e. The van der Waals surface area contributed by atoms with E-state index in [4.69, 9.17) is 23.7 Å². The predicted molar refractivity (Wildman–Crippen MR) is 135 cm³/mol. The molecule has 0 aliphatic carbocycles. The molecule has 0 unspecified atom stereocenters. The Kier molecular flexibility index (Phi) is 7.90. The van der Waals surface area contributed by atoms with Gasteiger partial charge in [-0.05, 0) is 29.7 Å². The van der Waals surface area contributed by atoms with Crippen molar-refractivity contribution in [3.05, 3.63) is 60.3 Å². The molecule has 10 nitrogen and oxygen atoms in total. The third-order valence-corrected chi connectivity index (χ3v) is 6.23. The first-order valence-corrected chi connectivity index (χ1v) is 12.0. The van der Waals surface area contributed by atoms with Crippen LogP contribution in [-0.2, 0) is 7.05 Å². The average molecular weight is 518 g/mol. The number of pyridine rings is 1. The van der Waals surface area contributed by atoms with Crippen LogP contribution in [0.25, 0.3) is 22.4 Å². The van der Waals surface area contributed by atoms with Crippen molar-refractivity contribution in [1.29, 1.82) is 5.26 Å². The Morgan fingerprint density at radius 2 is 1.78 bits per heavy atom. The van der Waals surface area contributed by atoms with Crippen LogP contribution in [-0.4, -0.2) is 43.2 Å². The Labute approximate surface area is 217 Å². The van der Waals surface area contributed by atoms with Crippen LogP contribution in [0.3, 0.4) is 0 Å². The van der Waals surface area contributed by atoms with E-state index >= 15 is 0 Å². The van der Waals surface area contributed by atoms with Crippen LogP contribution in [0.4, 0.5) is 5.88 Å². The molecule has 0 bridgehead atoms. The summed E-state index contributed by atoms with van der Waals surface area (Å²) in [6.07, 6.45) is 1.49. The number of ether oxygens (including phenoxy) is 3. The van der Waals surface area contributed by atoms with Gasteiger partial charge in [0.15, 0.2) is 23.8 Å². The molecule has 0 atom stereocenters. The Morgan fingerprint density at radius 1 is 1.08 bits per heavy atom. The molecule has 2 heterocycles. The first-order chi connectivity index (χ1) is 18.0. The van der Waals surface area contributed by atoms with E-state index < -0.39 is 5.90 Å². The highest BCUT2D eigenvalue weighted by Crippen LogP contribution is 2.43. The number of methoxy groups -OCH3 is 3. The molecule has 0 amide bonds. The lowest BCUT2D eigenvalue weighted by molar-refractivity contribution is -0.739. The van der Waals surface area contributed by atoms with Gasteiger partial charge in [0.2, 0.25) is 5.75 Å². The maximum atomic E-state index is 12.5. The van der Waals surface area contributed by atoms with Gasteiger partial charge in [0.05, 0.1) is 32.6 Å². The molecule has 0 fully saturated rings. The van der Waals surface area contributed by atoms with E-state index in [9.17, 15) is 10.4 Å². The minimum Gasteiger partial charge on any atom is -0.861 e. The summed E-state index contributed by atoms with van der Waals surface area (Å²) in [5, 5.41) is 26.7. The number of benzene rings is 2. The van der Waals surface area contributed by atoms with Crippen LogP contribution >= 0.6 is 11.8 Å². The monoisotopic (exact) mass is 517 g/mol. The maximum absolute atomic E-state index is 12.5. The third kappa shape index (κ3) is 5.65. The Morgan fingerprint density at radius 3 is 2.35 bits per heavy atom. The second-order valence-electron chi connectivity index (χ2n) is 7.64. The topological polar surface area (TPSA) is 130 Å². The third-order valence-electron chi connectivity index (χ3n) is 5.27. The molecule has 0 aliphatic heterocycles. The lowest BCUT2D eigenvalue weighted by Crippen LogP contribution is -2.27. The molecular formula is C26H23N5O5S. The SMILES string of the molecule is COc1cc(-c2cc(-c3ccccc3)nc(SC/C([O-])=N/c3c[n+](C)no3)c2C#N)cc(OC)c1OC. The highest BCUT2D eigenvalue weighted by Gasteiger charge is 2.20. The number of aromatic nitrogens is 3. The molecule has 0 N–H and O–H groups in total. The summed E-state index contributed by atoms with van der Waals surface area (Å²) in [6.45, 7) is 0. The number of hydrogen-bond donors (Lipinski definition) is 0. The van der Waals surface area contributed by atoms with E-state index in [-0.39, 0.29) is 11.6 Å². The zero-order valence-electron chi connectivity index (χ0n) is 20.6. The lowest BCUT2D eigenvalue weighted by atomic mass is 9.98. The summed E-state index contributed by atoms with van der Waals surface area (Å²) in [4.78, 5) is 8.63. The standard InChI is InChI=1S/C26H23N5O5S/c1-31-14-24(36-30-31)29-23(32)15-37-26-19(13-27)18(12-20(28-26)16-8-6-5-7-9-16)17-10-21(33-2)25(35-4)22(11-17)34-3/h5-12,14H,15H2,1-4H3. The summed E-state index contributed by atoms with van der Waals surface area (Å²) >= 11 is 1.12. The fourth-order valence-electron chi connectivity index (χ4n) is 3.60. The van der Waals surface area contributed by atoms with Crippen molar-refractivity contribution in [2.75, 3.05) is 27.1 Å². The average Bonchev–Trinajstić information content (AvgIpc) is 3.34. The quantitative estimate of drug-likeness (QED) is 0.142. The molecule has 0 radical (unpaired) electrons. The molecule has 0 aliphatic rings. The number of hydrogen-bond acceptors (Lipinski definition) is 10. The molecule has 4 aromatic rings. The minimum absolute atomic E-state index is 0.0565. The van der Waals surface area contributed by atoms with Crippen molar-refractivity contribution >= 4 is 23.5 Å². The summed E-state index contributed by atoms with van der Waals surface area (Å²) in [5.41, 5.74) is 3.06. The van der Waals surface area contributed by atoms with Gasteiger partial charge in [-0.15, -0.1) is 0 Å². The summed E-state index contributed by atoms with van der Waals surface area (Å²) in [6, 6.07) is 17.2. The van der Waals surface area contributed by atoms with E-state index in [1.807, 2.05) is 36.4 Å². The lowest BCUT2D eigenvalue weighted by Gasteiger charge is -2.17. The Balaban J connectivity index is 1.83. The molecule has 11 heteroatoms. The second kappa shape index (κ2) is 11.5. The second-order valence-corrected chi connectivity index (χ2v) is 8.60. The van der Waals surface area contributed by atoms with Crippen molar-refractivity contribution in [3.8, 4) is 45.7 Å². The number of rotatable bonds is 9. The maximum Gasteiger partial charge on any atom is 0.320 e. The van der Waals surface area contributed by atoms with Gasteiger partial charge < -0.3 is 19.3 Å². The van der Waals surface area contributed by atoms with Crippen molar-refractivity contribution in [1.82, 2.24) is 10.3 Å². The minimum atomic E-state index is -0.452. The Hall–Kier alpha value is -4.56. The first kappa shape index (κ1) is 25.5. The smallest absolute Gasteiger partial charge is 0.320 e. The van der Waals surface area contributed by atoms with E-state index in [0.29, 0.717) is 44.7 Å². The molecule has 4 rings (SSSR count). The fourth-order valence-corrected chi connectivity index (χ4v) is 4.39. The van der Waals surface area contributed by atoms with E-state index in [2.05, 4.69) is 16.3 Å². The molecule has 188 valence electrons. The van der Waals surface area contributed by atoms with Gasteiger partial charge in [-0.25, -0.2) is 9.98 Å². The molecule has 0 saturated carbocycles. The van der Waals surface area contributed by atoms with Crippen LogP contribution in [0.5, 0.6) is 17.2 Å². The Bertz CT molecular complexity index is 1460. The number of aryl methyl sites for hydroxylation is 1. The van der Waals surface area contributed by atoms with Crippen molar-refractivity contribution < 1.29 is 28.5 Å². The highest BCUT2D eigenvalue weighted by molar-refractivity contribution is 8.00. The number of aliphatic imine (C=N–C) groups is 1. The fraction of sp³-hybridized carbons (Fsp3) is 0.192. The summed E-state index contributed by atoms with van der Waals surface area (Å²) in [5.74, 6) is 0.917. The first-order valence-electron chi connectivity index (χ1n) is 11.0. The number of nitriles is 1. The van der Waals surface area contributed by atoms with Gasteiger partial charge in [-0.1, -0.05) is 46.8 Å². The van der Waals surface area contributed by atoms with Crippen molar-refractivity contribution in [3.63, 3.8) is 0 Å². The molecule has 0 saturated heterocycles. The zero-order chi connectivity index (χ0) is 26.4. The molecule has 2 aromatic carbocycles. The van der Waals surface area contributed by atoms with Gasteiger partial charge in [-0.2, -0.15) is 5.26 Å². The highest BCUT2D eigenvalue weighted by atomic mass is 32.2. The molecular weight excluding hydrogens is 494 g/mol. The van der Waals surface area contributed by atoms with Gasteiger partial charge in [0.1, 0.15) is 11.1 Å². The molecule has 0 spiro atoms. The van der Waals surface area contributed by atoms with Gasteiger partial charge >= 0.3 is 5.88 Å². The van der Waals surface area contributed by atoms with Crippen molar-refractivity contribution in [2.45, 2.75) is 5.03 Å². The van der Waals surface area contributed by atoms with Crippen molar-refractivity contribution in [2.24, 2.45) is 12.0 Å². The molecule has 37 heavy (non-hydrogen) atoms. The number of nitrogens with zero attached hydrogens (tertiary/aromatic N) is 5. The van der Waals surface area contributed by atoms with Gasteiger partial charge in [0, 0.05) is 16.9 Å². The van der Waals surface area contributed by atoms with E-state index in [0.717, 1.165) is 17.3 Å². The van der Waals surface area contributed by atoms with Gasteiger partial charge in [0.25, 0.3) is 6.20 Å². The number of thioether (sulfide) groups is 1. The molecule has 2 aromatic heterocycles. The van der Waals surface area contributed by atoms with E-state index in [1.165, 1.54) is 32.2 Å². The van der Waals surface area contributed by atoms with Crippen LogP contribution in [0.2, 0.25) is 0 Å². The van der Waals surface area contributed by atoms with Crippen LogP contribution < -0.4 is 24.0 Å². The summed E-state index contributed by atoms with van der Waals surface area (Å²) < 4.78 is 22.8. The predicted octanol–water partition coefficient (Wildman–Crippen LogP) is 3.31. The zero-order valence-corrected chi connectivity index (χ0v) is 21.4. The van der Waals surface area contributed by atoms with Crippen LogP contribution in [0, 0.1) is 11.3 Å². The normalized spacial score (nSPS) is 11.2. The summed E-state index contributed by atoms with van der Waals surface area (Å²) in [7, 11) is 6.24. The van der Waals surface area contributed by atoms with Crippen LogP contribution in [0.15, 0.2) is 69.3 Å². The van der Waals surface area contributed by atoms with Gasteiger partial charge in [-0.3, -0.25) is 4.52 Å². The van der Waals surface area contributed by atoms with E-state index in [1.54, 1.807) is 19.2 Å². The van der Waals surface area contributed by atoms with Crippen LogP contribution in [0.1, 0.15) is 5.56 Å².